The topological polar surface area (TPSA) is 41.1 Å². The summed E-state index contributed by atoms with van der Waals surface area (Å²) in [5, 5.41) is 5.54. The van der Waals surface area contributed by atoms with Gasteiger partial charge in [-0.3, -0.25) is 4.79 Å². The lowest BCUT2D eigenvalue weighted by atomic mass is 10.1. The van der Waals surface area contributed by atoms with Gasteiger partial charge in [0.25, 0.3) is 0 Å². The number of carbonyl (C=O) groups is 1. The maximum absolute atomic E-state index is 13.6. The van der Waals surface area contributed by atoms with E-state index in [4.69, 9.17) is 0 Å². The summed E-state index contributed by atoms with van der Waals surface area (Å²) in [7, 11) is 0. The normalized spacial score (nSPS) is 12.0. The van der Waals surface area contributed by atoms with E-state index in [1.165, 1.54) is 18.2 Å². The zero-order valence-corrected chi connectivity index (χ0v) is 13.3. The SMILES string of the molecule is C[C@@H](NCC(=O)NCCc1ccccc1F)c1ccc(F)cc1F. The van der Waals surface area contributed by atoms with E-state index < -0.39 is 17.7 Å². The molecule has 0 heterocycles. The highest BCUT2D eigenvalue weighted by atomic mass is 19.1. The molecule has 0 bridgehead atoms. The molecule has 0 unspecified atom stereocenters. The maximum atomic E-state index is 13.6. The monoisotopic (exact) mass is 336 g/mol. The van der Waals surface area contributed by atoms with Crippen LogP contribution in [-0.4, -0.2) is 19.0 Å². The Labute approximate surface area is 138 Å². The van der Waals surface area contributed by atoms with Gasteiger partial charge in [-0.15, -0.1) is 0 Å². The van der Waals surface area contributed by atoms with Crippen LogP contribution < -0.4 is 10.6 Å². The average molecular weight is 336 g/mol. The van der Waals surface area contributed by atoms with Crippen LogP contribution >= 0.6 is 0 Å². The Morgan fingerprint density at radius 2 is 1.83 bits per heavy atom. The molecular formula is C18H19F3N2O. The summed E-state index contributed by atoms with van der Waals surface area (Å²) in [6, 6.07) is 9.27. The van der Waals surface area contributed by atoms with Gasteiger partial charge in [0.05, 0.1) is 6.54 Å². The van der Waals surface area contributed by atoms with E-state index in [0.717, 1.165) is 6.07 Å². The van der Waals surface area contributed by atoms with Crippen LogP contribution in [0.2, 0.25) is 0 Å². The van der Waals surface area contributed by atoms with Crippen LogP contribution in [0.1, 0.15) is 24.1 Å². The molecule has 0 radical (unpaired) electrons. The quantitative estimate of drug-likeness (QED) is 0.816. The first-order valence-electron chi connectivity index (χ1n) is 7.66. The molecule has 0 fully saturated rings. The van der Waals surface area contributed by atoms with Crippen molar-refractivity contribution in [3.8, 4) is 0 Å². The second kappa shape index (κ2) is 8.49. The number of hydrogen-bond acceptors (Lipinski definition) is 2. The predicted molar refractivity (Wildman–Crippen MR) is 85.9 cm³/mol. The first-order chi connectivity index (χ1) is 11.5. The molecule has 24 heavy (non-hydrogen) atoms. The molecule has 0 aromatic heterocycles. The van der Waals surface area contributed by atoms with Crippen LogP contribution in [0.15, 0.2) is 42.5 Å². The van der Waals surface area contributed by atoms with E-state index in [9.17, 15) is 18.0 Å². The molecule has 2 N–H and O–H groups in total. The Bertz CT molecular complexity index is 706. The van der Waals surface area contributed by atoms with Crippen molar-refractivity contribution in [1.29, 1.82) is 0 Å². The molecule has 0 aliphatic heterocycles. The standard InChI is InChI=1S/C18H19F3N2O/c1-12(15-7-6-14(19)10-17(15)21)23-11-18(24)22-9-8-13-4-2-3-5-16(13)20/h2-7,10,12,23H,8-9,11H2,1H3,(H,22,24)/t12-/m1/s1. The first-order valence-corrected chi connectivity index (χ1v) is 7.66. The van der Waals surface area contributed by atoms with Gasteiger partial charge in [-0.05, 0) is 31.0 Å². The van der Waals surface area contributed by atoms with Gasteiger partial charge in [-0.2, -0.15) is 0 Å². The lowest BCUT2D eigenvalue weighted by Crippen LogP contribution is -2.36. The molecule has 0 aliphatic carbocycles. The van der Waals surface area contributed by atoms with Crippen LogP contribution in [0.4, 0.5) is 13.2 Å². The highest BCUT2D eigenvalue weighted by Gasteiger charge is 2.12. The molecule has 2 aromatic rings. The fourth-order valence-electron chi connectivity index (χ4n) is 2.31. The van der Waals surface area contributed by atoms with Crippen molar-refractivity contribution in [3.05, 3.63) is 71.0 Å². The number of carbonyl (C=O) groups excluding carboxylic acids is 1. The van der Waals surface area contributed by atoms with Crippen LogP contribution in [0.25, 0.3) is 0 Å². The zero-order valence-electron chi connectivity index (χ0n) is 13.3. The molecule has 3 nitrogen and oxygen atoms in total. The Hall–Kier alpha value is -2.34. The number of rotatable bonds is 7. The van der Waals surface area contributed by atoms with E-state index >= 15 is 0 Å². The van der Waals surface area contributed by atoms with Crippen molar-refractivity contribution < 1.29 is 18.0 Å². The van der Waals surface area contributed by atoms with Crippen LogP contribution in [0.5, 0.6) is 0 Å². The van der Waals surface area contributed by atoms with Gasteiger partial charge in [-0.1, -0.05) is 24.3 Å². The summed E-state index contributed by atoms with van der Waals surface area (Å²) in [6.45, 7) is 1.97. The lowest BCUT2D eigenvalue weighted by Gasteiger charge is -2.15. The molecule has 128 valence electrons. The highest BCUT2D eigenvalue weighted by Crippen LogP contribution is 2.17. The molecule has 1 amide bonds. The zero-order chi connectivity index (χ0) is 17.5. The molecule has 0 saturated heterocycles. The van der Waals surface area contributed by atoms with Gasteiger partial charge >= 0.3 is 0 Å². The minimum atomic E-state index is -0.657. The summed E-state index contributed by atoms with van der Waals surface area (Å²) in [4.78, 5) is 11.8. The van der Waals surface area contributed by atoms with E-state index in [-0.39, 0.29) is 23.8 Å². The van der Waals surface area contributed by atoms with Gasteiger partial charge in [0, 0.05) is 24.2 Å². The van der Waals surface area contributed by atoms with Crippen molar-refractivity contribution in [3.63, 3.8) is 0 Å². The largest absolute Gasteiger partial charge is 0.355 e. The Morgan fingerprint density at radius 1 is 1.08 bits per heavy atom. The second-order valence-corrected chi connectivity index (χ2v) is 5.46. The molecule has 0 spiro atoms. The first kappa shape index (κ1) is 18.0. The Kier molecular flexibility index (Phi) is 6.37. The lowest BCUT2D eigenvalue weighted by molar-refractivity contribution is -0.120. The van der Waals surface area contributed by atoms with Crippen LogP contribution in [-0.2, 0) is 11.2 Å². The summed E-state index contributed by atoms with van der Waals surface area (Å²) in [5.41, 5.74) is 0.822. The number of benzene rings is 2. The number of amides is 1. The van der Waals surface area contributed by atoms with Crippen molar-refractivity contribution in [2.45, 2.75) is 19.4 Å². The third-order valence-electron chi connectivity index (χ3n) is 3.67. The van der Waals surface area contributed by atoms with Gasteiger partial charge in [0.1, 0.15) is 17.5 Å². The van der Waals surface area contributed by atoms with Gasteiger partial charge in [0.15, 0.2) is 0 Å². The number of halogens is 3. The van der Waals surface area contributed by atoms with Crippen LogP contribution in [0, 0.1) is 17.5 Å². The van der Waals surface area contributed by atoms with E-state index in [0.29, 0.717) is 18.5 Å². The third-order valence-corrected chi connectivity index (χ3v) is 3.67. The molecule has 0 aliphatic rings. The van der Waals surface area contributed by atoms with E-state index in [1.54, 1.807) is 25.1 Å². The van der Waals surface area contributed by atoms with E-state index in [2.05, 4.69) is 10.6 Å². The third kappa shape index (κ3) is 5.09. The second-order valence-electron chi connectivity index (χ2n) is 5.46. The summed E-state index contributed by atoms with van der Waals surface area (Å²) in [5.74, 6) is -1.88. The summed E-state index contributed by atoms with van der Waals surface area (Å²) in [6.07, 6.45) is 0.389. The summed E-state index contributed by atoms with van der Waals surface area (Å²) >= 11 is 0. The average Bonchev–Trinajstić information content (AvgIpc) is 2.54. The minimum Gasteiger partial charge on any atom is -0.355 e. The fraction of sp³-hybridized carbons (Fsp3) is 0.278. The van der Waals surface area contributed by atoms with Gasteiger partial charge < -0.3 is 10.6 Å². The molecule has 2 rings (SSSR count). The highest BCUT2D eigenvalue weighted by molar-refractivity contribution is 5.78. The smallest absolute Gasteiger partial charge is 0.233 e. The molecule has 2 aromatic carbocycles. The molecule has 0 saturated carbocycles. The van der Waals surface area contributed by atoms with Crippen molar-refractivity contribution in [2.24, 2.45) is 0 Å². The predicted octanol–water partition coefficient (Wildman–Crippen LogP) is 3.11. The fourth-order valence-corrected chi connectivity index (χ4v) is 2.31. The Morgan fingerprint density at radius 3 is 2.54 bits per heavy atom. The van der Waals surface area contributed by atoms with Crippen molar-refractivity contribution in [2.75, 3.05) is 13.1 Å². The summed E-state index contributed by atoms with van der Waals surface area (Å²) < 4.78 is 40.0. The maximum Gasteiger partial charge on any atom is 0.233 e. The number of hydrogen-bond donors (Lipinski definition) is 2. The van der Waals surface area contributed by atoms with E-state index in [1.807, 2.05) is 0 Å². The van der Waals surface area contributed by atoms with Crippen LogP contribution in [0.3, 0.4) is 0 Å². The Balaban J connectivity index is 1.75. The minimum absolute atomic E-state index is 0.0186. The molecular weight excluding hydrogens is 317 g/mol. The number of nitrogens with one attached hydrogen (secondary N) is 2. The van der Waals surface area contributed by atoms with Crippen molar-refractivity contribution >= 4 is 5.91 Å². The van der Waals surface area contributed by atoms with Gasteiger partial charge in [0.2, 0.25) is 5.91 Å². The molecule has 6 heteroatoms. The molecule has 1 atom stereocenters. The van der Waals surface area contributed by atoms with Gasteiger partial charge in [-0.25, -0.2) is 13.2 Å². The van der Waals surface area contributed by atoms with Crippen molar-refractivity contribution in [1.82, 2.24) is 10.6 Å².